The maximum Gasteiger partial charge on any atom is 0.199 e. The number of nitrogens with zero attached hydrogens (tertiary/aromatic N) is 3. The van der Waals surface area contributed by atoms with E-state index in [0.29, 0.717) is 41.4 Å². The van der Waals surface area contributed by atoms with Gasteiger partial charge in [0.2, 0.25) is 0 Å². The molecule has 2 aromatic heterocycles. The van der Waals surface area contributed by atoms with Gasteiger partial charge in [-0.15, -0.1) is 12.4 Å². The number of likely N-dealkylation sites (tertiary alicyclic amines) is 1. The van der Waals surface area contributed by atoms with Gasteiger partial charge in [0.15, 0.2) is 11.7 Å². The number of imidazole rings is 1. The predicted octanol–water partition coefficient (Wildman–Crippen LogP) is 6.51. The Morgan fingerprint density at radius 1 is 1.12 bits per heavy atom. The molecule has 180 valence electrons. The van der Waals surface area contributed by atoms with Crippen molar-refractivity contribution in [3.8, 4) is 17.3 Å². The van der Waals surface area contributed by atoms with E-state index in [2.05, 4.69) is 46.9 Å². The maximum atomic E-state index is 6.23. The van der Waals surface area contributed by atoms with Gasteiger partial charge in [0, 0.05) is 17.1 Å². The van der Waals surface area contributed by atoms with Gasteiger partial charge < -0.3 is 14.1 Å². The van der Waals surface area contributed by atoms with E-state index in [1.54, 1.807) is 6.26 Å². The maximum absolute atomic E-state index is 6.23. The van der Waals surface area contributed by atoms with Crippen molar-refractivity contribution in [3.63, 3.8) is 0 Å². The number of aromatic amines is 1. The van der Waals surface area contributed by atoms with Gasteiger partial charge in [0.1, 0.15) is 17.7 Å². The highest BCUT2D eigenvalue weighted by Gasteiger charge is 2.16. The summed E-state index contributed by atoms with van der Waals surface area (Å²) in [6.45, 7) is 8.25. The number of fused-ring (bicyclic) bond motifs is 1. The van der Waals surface area contributed by atoms with Gasteiger partial charge in [-0.25, -0.2) is 9.97 Å². The molecular formula is C26H30Cl2N4O2. The Balaban J connectivity index is 0.00000274. The zero-order valence-corrected chi connectivity index (χ0v) is 21.1. The lowest BCUT2D eigenvalue weighted by Gasteiger charge is -2.14. The summed E-state index contributed by atoms with van der Waals surface area (Å²) in [5.74, 6) is 2.55. The quantitative estimate of drug-likeness (QED) is 0.298. The molecule has 0 radical (unpaired) electrons. The molecule has 2 aromatic carbocycles. The molecule has 0 aliphatic carbocycles. The fraction of sp³-hybridized carbons (Fsp3) is 0.385. The largest absolute Gasteiger partial charge is 0.493 e. The van der Waals surface area contributed by atoms with Gasteiger partial charge >= 0.3 is 0 Å². The van der Waals surface area contributed by atoms with Crippen LogP contribution in [0.25, 0.3) is 22.6 Å². The summed E-state index contributed by atoms with van der Waals surface area (Å²) in [4.78, 5) is 15.3. The second-order valence-corrected chi connectivity index (χ2v) is 9.62. The number of halogens is 2. The van der Waals surface area contributed by atoms with E-state index in [9.17, 15) is 0 Å². The topological polar surface area (TPSA) is 67.2 Å². The molecule has 1 saturated heterocycles. The van der Waals surface area contributed by atoms with Crippen molar-refractivity contribution in [2.75, 3.05) is 19.7 Å². The third-order valence-corrected chi connectivity index (χ3v) is 6.12. The first-order valence-electron chi connectivity index (χ1n) is 11.6. The van der Waals surface area contributed by atoms with Crippen molar-refractivity contribution >= 4 is 35.0 Å². The van der Waals surface area contributed by atoms with E-state index in [0.717, 1.165) is 28.9 Å². The SMILES string of the molecule is CC(C)COc1ccc(Cl)cc1Cc1nc(-c2nc3ccc(CN4CCCC4)cc3[nH]2)co1.Cl. The van der Waals surface area contributed by atoms with Crippen molar-refractivity contribution in [1.82, 2.24) is 19.9 Å². The monoisotopic (exact) mass is 500 g/mol. The van der Waals surface area contributed by atoms with Gasteiger partial charge in [0.05, 0.1) is 24.1 Å². The minimum atomic E-state index is 0. The zero-order chi connectivity index (χ0) is 22.8. The number of hydrogen-bond acceptors (Lipinski definition) is 5. The van der Waals surface area contributed by atoms with Crippen molar-refractivity contribution in [2.45, 2.75) is 39.7 Å². The smallest absolute Gasteiger partial charge is 0.199 e. The van der Waals surface area contributed by atoms with Crippen LogP contribution in [-0.2, 0) is 13.0 Å². The Morgan fingerprint density at radius 3 is 2.74 bits per heavy atom. The molecule has 0 unspecified atom stereocenters. The van der Waals surface area contributed by atoms with Crippen LogP contribution in [0.3, 0.4) is 0 Å². The minimum absolute atomic E-state index is 0. The number of oxazole rings is 1. The standard InChI is InChI=1S/C26H29ClN4O2.ClH/c1-17(2)15-32-24-8-6-20(27)12-19(24)13-25-28-23(16-33-25)26-29-21-7-5-18(11-22(21)30-26)14-31-9-3-4-10-31;/h5-8,11-12,16-17H,3-4,9-10,13-15H2,1-2H3,(H,29,30);1H. The molecule has 1 aliphatic heterocycles. The average molecular weight is 501 g/mol. The van der Waals surface area contributed by atoms with Gasteiger partial charge in [-0.05, 0) is 67.7 Å². The van der Waals surface area contributed by atoms with Crippen molar-refractivity contribution < 1.29 is 9.15 Å². The number of rotatable bonds is 8. The van der Waals surface area contributed by atoms with Gasteiger partial charge in [-0.2, -0.15) is 0 Å². The third-order valence-electron chi connectivity index (χ3n) is 5.88. The van der Waals surface area contributed by atoms with E-state index in [1.807, 2.05) is 18.2 Å². The highest BCUT2D eigenvalue weighted by Crippen LogP contribution is 2.27. The Hall–Kier alpha value is -2.54. The highest BCUT2D eigenvalue weighted by molar-refractivity contribution is 6.30. The summed E-state index contributed by atoms with van der Waals surface area (Å²) in [7, 11) is 0. The van der Waals surface area contributed by atoms with Crippen LogP contribution < -0.4 is 4.74 Å². The summed E-state index contributed by atoms with van der Waals surface area (Å²) >= 11 is 6.23. The number of benzene rings is 2. The van der Waals surface area contributed by atoms with Crippen LogP contribution >= 0.6 is 24.0 Å². The van der Waals surface area contributed by atoms with Crippen LogP contribution in [0.1, 0.15) is 43.7 Å². The second-order valence-electron chi connectivity index (χ2n) is 9.18. The number of aromatic nitrogens is 3. The van der Waals surface area contributed by atoms with E-state index in [-0.39, 0.29) is 12.4 Å². The Kier molecular flexibility index (Phi) is 7.81. The van der Waals surface area contributed by atoms with E-state index in [1.165, 1.54) is 31.5 Å². The van der Waals surface area contributed by atoms with Crippen LogP contribution in [0.5, 0.6) is 5.75 Å². The molecule has 0 bridgehead atoms. The van der Waals surface area contributed by atoms with Crippen molar-refractivity contribution in [2.24, 2.45) is 5.92 Å². The number of ether oxygens (including phenoxy) is 1. The first-order chi connectivity index (χ1) is 16.0. The van der Waals surface area contributed by atoms with E-state index in [4.69, 9.17) is 25.7 Å². The van der Waals surface area contributed by atoms with Crippen LogP contribution in [0.2, 0.25) is 5.02 Å². The molecule has 1 aliphatic rings. The molecule has 0 saturated carbocycles. The lowest BCUT2D eigenvalue weighted by Crippen LogP contribution is -2.18. The van der Waals surface area contributed by atoms with Gasteiger partial charge in [-0.1, -0.05) is 31.5 Å². The van der Waals surface area contributed by atoms with Crippen molar-refractivity contribution in [1.29, 1.82) is 0 Å². The number of nitrogens with one attached hydrogen (secondary N) is 1. The minimum Gasteiger partial charge on any atom is -0.493 e. The van der Waals surface area contributed by atoms with Gasteiger partial charge in [-0.3, -0.25) is 4.90 Å². The Labute approximate surface area is 211 Å². The molecule has 6 nitrogen and oxygen atoms in total. The second kappa shape index (κ2) is 10.8. The molecule has 3 heterocycles. The number of H-pyrrole nitrogens is 1. The fourth-order valence-corrected chi connectivity index (χ4v) is 4.42. The van der Waals surface area contributed by atoms with Crippen LogP contribution in [0.4, 0.5) is 0 Å². The lowest BCUT2D eigenvalue weighted by molar-refractivity contribution is 0.268. The molecule has 4 aromatic rings. The molecule has 0 amide bonds. The molecule has 1 fully saturated rings. The summed E-state index contributed by atoms with van der Waals surface area (Å²) in [5, 5.41) is 0.663. The normalized spacial score (nSPS) is 14.1. The van der Waals surface area contributed by atoms with Crippen LogP contribution in [0.15, 0.2) is 47.1 Å². The third kappa shape index (κ3) is 5.74. The van der Waals surface area contributed by atoms with Crippen LogP contribution in [0, 0.1) is 5.92 Å². The van der Waals surface area contributed by atoms with E-state index >= 15 is 0 Å². The fourth-order valence-electron chi connectivity index (χ4n) is 4.22. The Morgan fingerprint density at radius 2 is 1.94 bits per heavy atom. The molecule has 0 spiro atoms. The molecule has 8 heteroatoms. The summed E-state index contributed by atoms with van der Waals surface area (Å²) in [5.41, 5.74) is 4.89. The molecule has 34 heavy (non-hydrogen) atoms. The van der Waals surface area contributed by atoms with Gasteiger partial charge in [0.25, 0.3) is 0 Å². The molecule has 1 N–H and O–H groups in total. The highest BCUT2D eigenvalue weighted by atomic mass is 35.5. The van der Waals surface area contributed by atoms with Crippen molar-refractivity contribution in [3.05, 3.63) is 64.7 Å². The summed E-state index contributed by atoms with van der Waals surface area (Å²) in [6.07, 6.45) is 4.74. The molecular weight excluding hydrogens is 471 g/mol. The molecule has 0 atom stereocenters. The zero-order valence-electron chi connectivity index (χ0n) is 19.5. The predicted molar refractivity (Wildman–Crippen MR) is 138 cm³/mol. The first kappa shape index (κ1) is 24.6. The summed E-state index contributed by atoms with van der Waals surface area (Å²) < 4.78 is 11.7. The lowest BCUT2D eigenvalue weighted by atomic mass is 10.1. The molecule has 5 rings (SSSR count). The Bertz CT molecular complexity index is 1240. The first-order valence-corrected chi connectivity index (χ1v) is 12.0. The van der Waals surface area contributed by atoms with Crippen LogP contribution in [-0.4, -0.2) is 39.5 Å². The average Bonchev–Trinajstić information content (AvgIpc) is 3.53. The van der Waals surface area contributed by atoms with E-state index < -0.39 is 0 Å². The number of hydrogen-bond donors (Lipinski definition) is 1. The summed E-state index contributed by atoms with van der Waals surface area (Å²) in [6, 6.07) is 12.1.